The highest BCUT2D eigenvalue weighted by Crippen LogP contribution is 2.45. The molecule has 0 radical (unpaired) electrons. The van der Waals surface area contributed by atoms with E-state index in [1.54, 1.807) is 0 Å². The Morgan fingerprint density at radius 1 is 0.281 bits per heavy atom. The standard InChI is InChI=1S/C82H54BN5O/c1-47-37-49(3)80(50(4)38-47)51-29-36-78-66(41-51)83-67-46-55(87-73-28-16-10-22-61(73)63-43-53(31-34-75(63)87)85-70-25-13-7-19-58(70)59-20-8-14-26-71(59)85)45-65-64-44-54(32-35-76(64)88(82(65)67)77-39-48(2)40-79(89-78)81(77)83)86-72-27-15-9-21-60(72)62-42-52(30-33-74(62)86)84-68-23-11-5-17-56(68)57-18-6-12-24-69(57)84/h5-46H,1-4H3. The first-order valence-corrected chi connectivity index (χ1v) is 31.0. The van der Waals surface area contributed by atoms with Gasteiger partial charge >= 0.3 is 0 Å². The van der Waals surface area contributed by atoms with Crippen LogP contribution in [0.4, 0.5) is 0 Å². The van der Waals surface area contributed by atoms with Gasteiger partial charge in [0.2, 0.25) is 0 Å². The molecule has 13 aromatic carbocycles. The van der Waals surface area contributed by atoms with Gasteiger partial charge in [0, 0.05) is 87.8 Å². The van der Waals surface area contributed by atoms with E-state index in [-0.39, 0.29) is 6.71 Å². The van der Waals surface area contributed by atoms with Crippen molar-refractivity contribution < 1.29 is 4.74 Å². The topological polar surface area (TPSA) is 33.9 Å². The van der Waals surface area contributed by atoms with Crippen LogP contribution in [-0.2, 0) is 0 Å². The van der Waals surface area contributed by atoms with Crippen molar-refractivity contribution in [3.63, 3.8) is 0 Å². The molecular weight excluding hydrogens is 1080 g/mol. The van der Waals surface area contributed by atoms with Crippen molar-refractivity contribution in [3.8, 4) is 51.1 Å². The number of fused-ring (bicyclic) bond motifs is 19. The zero-order valence-corrected chi connectivity index (χ0v) is 49.5. The molecule has 0 aliphatic carbocycles. The van der Waals surface area contributed by atoms with E-state index in [0.29, 0.717) is 0 Å². The third-order valence-electron chi connectivity index (χ3n) is 20.0. The van der Waals surface area contributed by atoms with E-state index < -0.39 is 0 Å². The zero-order chi connectivity index (χ0) is 58.7. The summed E-state index contributed by atoms with van der Waals surface area (Å²) in [5, 5.41) is 12.3. The molecule has 0 saturated heterocycles. The lowest BCUT2D eigenvalue weighted by Crippen LogP contribution is -2.58. The first-order valence-electron chi connectivity index (χ1n) is 31.0. The maximum absolute atomic E-state index is 7.19. The van der Waals surface area contributed by atoms with Gasteiger partial charge in [0.25, 0.3) is 6.71 Å². The van der Waals surface area contributed by atoms with E-state index in [1.807, 2.05) is 0 Å². The van der Waals surface area contributed by atoms with Crippen molar-refractivity contribution >= 4 is 132 Å². The predicted octanol–water partition coefficient (Wildman–Crippen LogP) is 19.0. The molecule has 7 heteroatoms. The summed E-state index contributed by atoms with van der Waals surface area (Å²) in [5.41, 5.74) is 28.6. The average Bonchev–Trinajstić information content (AvgIpc) is 1.72. The fraction of sp³-hybridized carbons (Fsp3) is 0.0488. The lowest BCUT2D eigenvalue weighted by atomic mass is 9.34. The molecule has 0 amide bonds. The summed E-state index contributed by atoms with van der Waals surface area (Å²) < 4.78 is 19.6. The molecule has 5 aromatic heterocycles. The maximum Gasteiger partial charge on any atom is 0.256 e. The van der Waals surface area contributed by atoms with Crippen molar-refractivity contribution in [2.45, 2.75) is 27.7 Å². The lowest BCUT2D eigenvalue weighted by Gasteiger charge is -2.34. The highest BCUT2D eigenvalue weighted by molar-refractivity contribution is 6.99. The van der Waals surface area contributed by atoms with Gasteiger partial charge in [-0.25, -0.2) is 0 Å². The largest absolute Gasteiger partial charge is 0.458 e. The molecule has 0 unspecified atom stereocenters. The summed E-state index contributed by atoms with van der Waals surface area (Å²) in [6, 6.07) is 95.7. The SMILES string of the molecule is Cc1cc(C)c(-c2ccc3c(c2)B2c4c(cc(C)cc4-n4c5ccc(-n6c7ccccc7c7cc(-n8c9ccccc9c9ccccc98)ccc76)cc5c5cc(-n6c7ccccc7c7cc(-n8c9ccccc9c9ccccc98)ccc76)cc2c54)O3)c(C)c1. The normalized spacial score (nSPS) is 12.8. The highest BCUT2D eigenvalue weighted by Gasteiger charge is 2.42. The zero-order valence-electron chi connectivity index (χ0n) is 49.5. The summed E-state index contributed by atoms with van der Waals surface area (Å²) in [5.74, 6) is 1.81. The van der Waals surface area contributed by atoms with Gasteiger partial charge in [0.05, 0.1) is 49.7 Å². The molecule has 2 aliphatic heterocycles. The molecule has 6 nitrogen and oxygen atoms in total. The quantitative estimate of drug-likeness (QED) is 0.158. The van der Waals surface area contributed by atoms with Gasteiger partial charge in [-0.2, -0.15) is 0 Å². The molecule has 0 bridgehead atoms. The van der Waals surface area contributed by atoms with Crippen molar-refractivity contribution in [3.05, 3.63) is 277 Å². The van der Waals surface area contributed by atoms with Crippen LogP contribution in [0.5, 0.6) is 11.5 Å². The Labute approximate surface area is 512 Å². The number of para-hydroxylation sites is 6. The van der Waals surface area contributed by atoms with Crippen LogP contribution in [0.15, 0.2) is 255 Å². The van der Waals surface area contributed by atoms with Gasteiger partial charge in [-0.15, -0.1) is 0 Å². The number of rotatable bonds is 5. The van der Waals surface area contributed by atoms with Crippen LogP contribution < -0.4 is 21.1 Å². The molecule has 0 N–H and O–H groups in total. The summed E-state index contributed by atoms with van der Waals surface area (Å²) >= 11 is 0. The van der Waals surface area contributed by atoms with Crippen LogP contribution in [0.25, 0.3) is 149 Å². The Hall–Kier alpha value is -11.3. The van der Waals surface area contributed by atoms with E-state index >= 15 is 0 Å². The van der Waals surface area contributed by atoms with Gasteiger partial charge in [-0.05, 0) is 193 Å². The molecule has 2 aliphatic rings. The van der Waals surface area contributed by atoms with Crippen molar-refractivity contribution in [1.29, 1.82) is 0 Å². The Balaban J connectivity index is 0.863. The molecule has 0 spiro atoms. The molecule has 0 saturated carbocycles. The minimum atomic E-state index is -0.134. The monoisotopic (exact) mass is 1140 g/mol. The van der Waals surface area contributed by atoms with E-state index in [1.165, 1.54) is 137 Å². The first-order chi connectivity index (χ1) is 43.8. The highest BCUT2D eigenvalue weighted by atomic mass is 16.5. The average molecular weight is 1140 g/mol. The van der Waals surface area contributed by atoms with Crippen LogP contribution in [0.1, 0.15) is 22.3 Å². The number of aryl methyl sites for hydroxylation is 4. The summed E-state index contributed by atoms with van der Waals surface area (Å²) in [6.45, 7) is 8.78. The van der Waals surface area contributed by atoms with Gasteiger partial charge in [-0.1, -0.05) is 139 Å². The number of aromatic nitrogens is 5. The predicted molar refractivity (Wildman–Crippen MR) is 374 cm³/mol. The molecule has 89 heavy (non-hydrogen) atoms. The van der Waals surface area contributed by atoms with E-state index in [4.69, 9.17) is 4.74 Å². The van der Waals surface area contributed by atoms with Crippen LogP contribution in [-0.4, -0.2) is 29.5 Å². The number of benzene rings is 13. The van der Waals surface area contributed by atoms with Gasteiger partial charge in [-0.3, -0.25) is 0 Å². The number of hydrogen-bond donors (Lipinski definition) is 0. The number of hydrogen-bond acceptors (Lipinski definition) is 1. The molecule has 20 rings (SSSR count). The second-order valence-corrected chi connectivity index (χ2v) is 25.1. The third-order valence-corrected chi connectivity index (χ3v) is 20.0. The van der Waals surface area contributed by atoms with Crippen molar-refractivity contribution in [2.24, 2.45) is 0 Å². The second kappa shape index (κ2) is 17.7. The summed E-state index contributed by atoms with van der Waals surface area (Å²) in [6.07, 6.45) is 0. The van der Waals surface area contributed by atoms with Gasteiger partial charge < -0.3 is 27.6 Å². The summed E-state index contributed by atoms with van der Waals surface area (Å²) in [7, 11) is 0. The van der Waals surface area contributed by atoms with Crippen LogP contribution >= 0.6 is 0 Å². The van der Waals surface area contributed by atoms with Gasteiger partial charge in [0.1, 0.15) is 11.5 Å². The Morgan fingerprint density at radius 2 is 0.663 bits per heavy atom. The van der Waals surface area contributed by atoms with Crippen LogP contribution in [0.3, 0.4) is 0 Å². The number of ether oxygens (including phenoxy) is 1. The Bertz CT molecular complexity index is 6090. The molecule has 416 valence electrons. The maximum atomic E-state index is 7.19. The molecular formula is C82H54BN5O. The Morgan fingerprint density at radius 3 is 1.13 bits per heavy atom. The fourth-order valence-corrected chi connectivity index (χ4v) is 16.6. The smallest absolute Gasteiger partial charge is 0.256 e. The minimum Gasteiger partial charge on any atom is -0.458 e. The molecule has 0 fully saturated rings. The fourth-order valence-electron chi connectivity index (χ4n) is 16.6. The van der Waals surface area contributed by atoms with E-state index in [0.717, 1.165) is 61.9 Å². The Kier molecular flexibility index (Phi) is 9.72. The minimum absolute atomic E-state index is 0.134. The van der Waals surface area contributed by atoms with Crippen molar-refractivity contribution in [2.75, 3.05) is 0 Å². The lowest BCUT2D eigenvalue weighted by molar-refractivity contribution is 0.487. The van der Waals surface area contributed by atoms with E-state index in [2.05, 4.69) is 305 Å². The van der Waals surface area contributed by atoms with E-state index in [9.17, 15) is 0 Å². The first kappa shape index (κ1) is 48.9. The molecule has 0 atom stereocenters. The third kappa shape index (κ3) is 6.60. The molecule has 18 aromatic rings. The van der Waals surface area contributed by atoms with Crippen LogP contribution in [0.2, 0.25) is 0 Å². The van der Waals surface area contributed by atoms with Crippen LogP contribution in [0, 0.1) is 27.7 Å². The summed E-state index contributed by atoms with van der Waals surface area (Å²) in [4.78, 5) is 0. The van der Waals surface area contributed by atoms with Gasteiger partial charge in [0.15, 0.2) is 0 Å². The molecule has 7 heterocycles. The number of nitrogens with zero attached hydrogens (tertiary/aromatic N) is 5. The van der Waals surface area contributed by atoms with Crippen molar-refractivity contribution in [1.82, 2.24) is 22.8 Å². The second-order valence-electron chi connectivity index (χ2n) is 25.1.